The largest absolute Gasteiger partial charge is 0.398 e. The number of aromatic nitrogens is 2. The van der Waals surface area contributed by atoms with Crippen LogP contribution in [0.25, 0.3) is 11.0 Å². The highest BCUT2D eigenvalue weighted by molar-refractivity contribution is 7.90. The lowest BCUT2D eigenvalue weighted by Gasteiger charge is -2.06. The minimum absolute atomic E-state index is 0.0580. The molecule has 5 nitrogen and oxygen atoms in total. The number of imidazole rings is 1. The molecule has 0 amide bonds. The van der Waals surface area contributed by atoms with E-state index in [2.05, 4.69) is 9.97 Å². The summed E-state index contributed by atoms with van der Waals surface area (Å²) in [7, 11) is -3.10. The van der Waals surface area contributed by atoms with Crippen molar-refractivity contribution in [3.8, 4) is 0 Å². The third kappa shape index (κ3) is 1.88. The zero-order valence-corrected chi connectivity index (χ0v) is 9.71. The summed E-state index contributed by atoms with van der Waals surface area (Å²) >= 11 is 0. The van der Waals surface area contributed by atoms with Crippen LogP contribution in [-0.4, -0.2) is 24.1 Å². The van der Waals surface area contributed by atoms with E-state index in [0.29, 0.717) is 16.8 Å². The number of nitrogens with two attached hydrogens (primary N) is 1. The molecule has 6 heteroatoms. The Labute approximate surface area is 93.6 Å². The second-order valence-electron chi connectivity index (χ2n) is 3.61. The average molecular weight is 239 g/mol. The minimum atomic E-state index is -3.10. The quantitative estimate of drug-likeness (QED) is 0.784. The van der Waals surface area contributed by atoms with Crippen molar-refractivity contribution in [2.45, 2.75) is 12.7 Å². The molecule has 0 aliphatic rings. The van der Waals surface area contributed by atoms with Crippen LogP contribution in [0.1, 0.15) is 12.5 Å². The average Bonchev–Trinajstić information content (AvgIpc) is 2.70. The van der Waals surface area contributed by atoms with Gasteiger partial charge in [-0.2, -0.15) is 0 Å². The topological polar surface area (TPSA) is 88.8 Å². The first-order valence-electron chi connectivity index (χ1n) is 4.94. The summed E-state index contributed by atoms with van der Waals surface area (Å²) in [6.07, 6.45) is 1.53. The van der Waals surface area contributed by atoms with Crippen LogP contribution in [0.15, 0.2) is 18.5 Å². The Morgan fingerprint density at radius 3 is 2.88 bits per heavy atom. The highest BCUT2D eigenvalue weighted by Crippen LogP contribution is 2.23. The molecule has 0 fully saturated rings. The van der Waals surface area contributed by atoms with E-state index in [0.717, 1.165) is 5.52 Å². The van der Waals surface area contributed by atoms with Gasteiger partial charge in [0.15, 0.2) is 9.84 Å². The Morgan fingerprint density at radius 2 is 2.19 bits per heavy atom. The molecule has 1 heterocycles. The number of hydrogen-bond donors (Lipinski definition) is 2. The minimum Gasteiger partial charge on any atom is -0.398 e. The Bertz CT molecular complexity index is 616. The smallest absolute Gasteiger partial charge is 0.154 e. The van der Waals surface area contributed by atoms with E-state index in [1.807, 2.05) is 0 Å². The molecule has 0 bridgehead atoms. The van der Waals surface area contributed by atoms with E-state index < -0.39 is 9.84 Å². The summed E-state index contributed by atoms with van der Waals surface area (Å²) in [6.45, 7) is 1.62. The van der Waals surface area contributed by atoms with Gasteiger partial charge in [-0.05, 0) is 12.1 Å². The maximum absolute atomic E-state index is 11.6. The molecule has 1 aromatic carbocycles. The fraction of sp³-hybridized carbons (Fsp3) is 0.300. The van der Waals surface area contributed by atoms with Crippen molar-refractivity contribution >= 4 is 26.6 Å². The van der Waals surface area contributed by atoms with Crippen LogP contribution in [0.4, 0.5) is 5.69 Å². The monoisotopic (exact) mass is 239 g/mol. The van der Waals surface area contributed by atoms with E-state index in [9.17, 15) is 8.42 Å². The molecule has 0 unspecified atom stereocenters. The first-order chi connectivity index (χ1) is 7.53. The number of fused-ring (bicyclic) bond motifs is 1. The summed E-state index contributed by atoms with van der Waals surface area (Å²) in [4.78, 5) is 7.03. The van der Waals surface area contributed by atoms with E-state index in [1.165, 1.54) is 6.33 Å². The van der Waals surface area contributed by atoms with Gasteiger partial charge in [-0.1, -0.05) is 6.92 Å². The molecule has 0 atom stereocenters. The van der Waals surface area contributed by atoms with Gasteiger partial charge in [-0.3, -0.25) is 0 Å². The fourth-order valence-electron chi connectivity index (χ4n) is 1.56. The lowest BCUT2D eigenvalue weighted by Crippen LogP contribution is -2.09. The normalized spacial score (nSPS) is 12.1. The molecular weight excluding hydrogens is 226 g/mol. The molecule has 16 heavy (non-hydrogen) atoms. The van der Waals surface area contributed by atoms with Gasteiger partial charge in [0, 0.05) is 17.0 Å². The third-order valence-electron chi connectivity index (χ3n) is 2.54. The van der Waals surface area contributed by atoms with Crippen molar-refractivity contribution in [3.63, 3.8) is 0 Å². The van der Waals surface area contributed by atoms with Gasteiger partial charge in [0.05, 0.1) is 23.1 Å². The Hall–Kier alpha value is -1.56. The van der Waals surface area contributed by atoms with Crippen molar-refractivity contribution in [2.24, 2.45) is 0 Å². The van der Waals surface area contributed by atoms with Gasteiger partial charge < -0.3 is 10.7 Å². The molecule has 2 rings (SSSR count). The number of aromatic amines is 1. The zero-order valence-electron chi connectivity index (χ0n) is 8.90. The number of anilines is 1. The van der Waals surface area contributed by atoms with E-state index in [4.69, 9.17) is 5.73 Å². The van der Waals surface area contributed by atoms with Crippen molar-refractivity contribution in [1.29, 1.82) is 0 Å². The summed E-state index contributed by atoms with van der Waals surface area (Å²) in [5, 5.41) is 0. The summed E-state index contributed by atoms with van der Waals surface area (Å²) in [5.41, 5.74) is 8.28. The second-order valence-corrected chi connectivity index (χ2v) is 5.96. The highest BCUT2D eigenvalue weighted by atomic mass is 32.2. The standard InChI is InChI=1S/C10H13N3O2S/c1-2-16(14,15)5-7-8(11)3-4-9-10(7)13-6-12-9/h3-4,6H,2,5,11H2,1H3,(H,12,13). The predicted molar refractivity (Wildman–Crippen MR) is 63.7 cm³/mol. The number of sulfone groups is 1. The van der Waals surface area contributed by atoms with Crippen molar-refractivity contribution in [2.75, 3.05) is 11.5 Å². The van der Waals surface area contributed by atoms with Crippen LogP contribution in [0, 0.1) is 0 Å². The number of nitrogens with zero attached hydrogens (tertiary/aromatic N) is 1. The second kappa shape index (κ2) is 3.79. The van der Waals surface area contributed by atoms with E-state index in [1.54, 1.807) is 19.1 Å². The SMILES string of the molecule is CCS(=O)(=O)Cc1c(N)ccc2[nH]cnc12. The molecule has 0 saturated heterocycles. The maximum atomic E-state index is 11.6. The van der Waals surface area contributed by atoms with E-state index in [-0.39, 0.29) is 11.5 Å². The molecule has 0 radical (unpaired) electrons. The van der Waals surface area contributed by atoms with Crippen molar-refractivity contribution in [1.82, 2.24) is 9.97 Å². The summed E-state index contributed by atoms with van der Waals surface area (Å²) < 4.78 is 23.2. The number of hydrogen-bond acceptors (Lipinski definition) is 4. The molecule has 2 aromatic rings. The van der Waals surface area contributed by atoms with Crippen molar-refractivity contribution < 1.29 is 8.42 Å². The van der Waals surface area contributed by atoms with Crippen LogP contribution in [0.2, 0.25) is 0 Å². The number of rotatable bonds is 3. The molecule has 3 N–H and O–H groups in total. The number of H-pyrrole nitrogens is 1. The van der Waals surface area contributed by atoms with Gasteiger partial charge in [0.1, 0.15) is 0 Å². The van der Waals surface area contributed by atoms with Crippen LogP contribution in [-0.2, 0) is 15.6 Å². The molecule has 1 aromatic heterocycles. The van der Waals surface area contributed by atoms with Crippen LogP contribution >= 0.6 is 0 Å². The van der Waals surface area contributed by atoms with Gasteiger partial charge in [-0.25, -0.2) is 13.4 Å². The van der Waals surface area contributed by atoms with Gasteiger partial charge in [-0.15, -0.1) is 0 Å². The number of benzene rings is 1. The van der Waals surface area contributed by atoms with Crippen LogP contribution < -0.4 is 5.73 Å². The Morgan fingerprint density at radius 1 is 1.44 bits per heavy atom. The van der Waals surface area contributed by atoms with Gasteiger partial charge >= 0.3 is 0 Å². The molecule has 0 aliphatic heterocycles. The number of nitrogen functional groups attached to an aromatic ring is 1. The van der Waals surface area contributed by atoms with Gasteiger partial charge in [0.25, 0.3) is 0 Å². The number of nitrogens with one attached hydrogen (secondary N) is 1. The van der Waals surface area contributed by atoms with E-state index >= 15 is 0 Å². The molecule has 0 spiro atoms. The molecule has 0 saturated carbocycles. The summed E-state index contributed by atoms with van der Waals surface area (Å²) in [6, 6.07) is 3.49. The first-order valence-corrected chi connectivity index (χ1v) is 6.76. The fourth-order valence-corrected chi connectivity index (χ4v) is 2.50. The molecular formula is C10H13N3O2S. The third-order valence-corrected chi connectivity index (χ3v) is 4.14. The van der Waals surface area contributed by atoms with Gasteiger partial charge in [0.2, 0.25) is 0 Å². The first kappa shape index (κ1) is 10.9. The zero-order chi connectivity index (χ0) is 11.8. The molecule has 0 aliphatic carbocycles. The Balaban J connectivity index is 2.58. The van der Waals surface area contributed by atoms with Crippen molar-refractivity contribution in [3.05, 3.63) is 24.0 Å². The predicted octanol–water partition coefficient (Wildman–Crippen LogP) is 1.08. The summed E-state index contributed by atoms with van der Waals surface area (Å²) in [5.74, 6) is 0.0464. The highest BCUT2D eigenvalue weighted by Gasteiger charge is 2.15. The maximum Gasteiger partial charge on any atom is 0.154 e. The Kier molecular flexibility index (Phi) is 2.59. The molecule has 86 valence electrons. The van der Waals surface area contributed by atoms with Crippen LogP contribution in [0.3, 0.4) is 0 Å². The lowest BCUT2D eigenvalue weighted by molar-refractivity contribution is 0.596. The van der Waals surface area contributed by atoms with Crippen LogP contribution in [0.5, 0.6) is 0 Å². The lowest BCUT2D eigenvalue weighted by atomic mass is 10.1.